The van der Waals surface area contributed by atoms with Crippen LogP contribution in [-0.4, -0.2) is 79.8 Å². The second kappa shape index (κ2) is 19.1. The topological polar surface area (TPSA) is 183 Å². The molecule has 0 aliphatic carbocycles. The zero-order valence-electron chi connectivity index (χ0n) is 28.4. The van der Waals surface area contributed by atoms with Gasteiger partial charge in [0, 0.05) is 25.1 Å². The van der Waals surface area contributed by atoms with E-state index in [0.29, 0.717) is 32.1 Å². The van der Waals surface area contributed by atoms with Crippen LogP contribution < -0.4 is 14.8 Å². The van der Waals surface area contributed by atoms with Gasteiger partial charge in [0.05, 0.1) is 20.1 Å². The van der Waals surface area contributed by atoms with E-state index in [2.05, 4.69) is 15.0 Å². The number of nitrogens with zero attached hydrogens (tertiary/aromatic N) is 1. The SMILES string of the molecule is COC(=O)CCCCCCC(=O)Oc1c(OC)ccnc1C(=O)NC1COC(=O)[C@H](Cc2ccccc2)C(OC(=O)C(C)C)[C@H](C)OC1=O. The summed E-state index contributed by atoms with van der Waals surface area (Å²) in [7, 11) is 2.64. The van der Waals surface area contributed by atoms with Crippen LogP contribution in [0.25, 0.3) is 0 Å². The van der Waals surface area contributed by atoms with Gasteiger partial charge in [0.15, 0.2) is 23.6 Å². The number of carbonyl (C=O) groups excluding carboxylic acids is 6. The third kappa shape index (κ3) is 11.6. The van der Waals surface area contributed by atoms with E-state index in [1.54, 1.807) is 38.1 Å². The molecule has 14 nitrogen and oxygen atoms in total. The number of unbranched alkanes of at least 4 members (excludes halogenated alkanes) is 3. The lowest BCUT2D eigenvalue weighted by atomic mass is 9.91. The van der Waals surface area contributed by atoms with Crippen LogP contribution in [0.4, 0.5) is 0 Å². The molecule has 14 heteroatoms. The van der Waals surface area contributed by atoms with Crippen molar-refractivity contribution >= 4 is 35.8 Å². The van der Waals surface area contributed by atoms with Crippen molar-refractivity contribution in [1.82, 2.24) is 10.3 Å². The smallest absolute Gasteiger partial charge is 0.332 e. The fourth-order valence-electron chi connectivity index (χ4n) is 4.99. The van der Waals surface area contributed by atoms with E-state index in [-0.39, 0.29) is 36.0 Å². The van der Waals surface area contributed by atoms with Crippen molar-refractivity contribution in [2.45, 2.75) is 84.0 Å². The summed E-state index contributed by atoms with van der Waals surface area (Å²) in [5.41, 5.74) is 0.408. The Morgan fingerprint density at radius 1 is 0.939 bits per heavy atom. The number of rotatable bonds is 15. The molecule has 1 aliphatic rings. The Hall–Kier alpha value is -5.01. The normalized spacial score (nSPS) is 19.3. The van der Waals surface area contributed by atoms with Gasteiger partial charge in [0.25, 0.3) is 5.91 Å². The maximum Gasteiger partial charge on any atom is 0.332 e. The van der Waals surface area contributed by atoms with Crippen LogP contribution >= 0.6 is 0 Å². The summed E-state index contributed by atoms with van der Waals surface area (Å²) in [5.74, 6) is -5.94. The van der Waals surface area contributed by atoms with Gasteiger partial charge in [-0.05, 0) is 31.7 Å². The van der Waals surface area contributed by atoms with Crippen LogP contribution in [0.5, 0.6) is 11.5 Å². The first-order valence-corrected chi connectivity index (χ1v) is 16.2. The van der Waals surface area contributed by atoms with E-state index in [4.69, 9.17) is 23.7 Å². The van der Waals surface area contributed by atoms with Crippen LogP contribution in [0.2, 0.25) is 0 Å². The fraction of sp³-hybridized carbons (Fsp3) is 0.514. The zero-order chi connectivity index (χ0) is 35.9. The maximum atomic E-state index is 13.5. The summed E-state index contributed by atoms with van der Waals surface area (Å²) in [6, 6.07) is 8.94. The number of hydrogen-bond donors (Lipinski definition) is 1. The van der Waals surface area contributed by atoms with E-state index in [1.807, 2.05) is 6.07 Å². The standard InChI is InChI=1S/C35H44N2O12/c1-21(2)33(41)49-30-22(3)47-35(43)25(20-46-34(42)24(30)19-23-13-9-8-10-14-23)37-32(40)29-31(26(44-4)17-18-36-29)48-28(39)16-12-7-6-11-15-27(38)45-5/h8-10,13-14,17-18,21-22,24-25,30H,6-7,11-12,15-16,19-20H2,1-5H3,(H,37,40)/t22-,24+,25?,30?/m0/s1. The van der Waals surface area contributed by atoms with E-state index < -0.39 is 66.5 Å². The highest BCUT2D eigenvalue weighted by Gasteiger charge is 2.42. The number of pyridine rings is 1. The Kier molecular flexibility index (Phi) is 15.0. The molecule has 1 aliphatic heterocycles. The number of nitrogens with one attached hydrogen (secondary N) is 1. The van der Waals surface area contributed by atoms with Crippen molar-refractivity contribution in [3.05, 3.63) is 53.9 Å². The number of cyclic esters (lactones) is 2. The second-order valence-electron chi connectivity index (χ2n) is 11.8. The monoisotopic (exact) mass is 684 g/mol. The van der Waals surface area contributed by atoms with Crippen LogP contribution in [0, 0.1) is 11.8 Å². The molecule has 0 spiro atoms. The molecule has 266 valence electrons. The van der Waals surface area contributed by atoms with Gasteiger partial charge in [-0.3, -0.25) is 24.0 Å². The summed E-state index contributed by atoms with van der Waals surface area (Å²) >= 11 is 0. The maximum absolute atomic E-state index is 13.5. The molecule has 3 rings (SSSR count). The number of benzene rings is 1. The number of amides is 1. The highest BCUT2D eigenvalue weighted by atomic mass is 16.6. The van der Waals surface area contributed by atoms with Gasteiger partial charge >= 0.3 is 29.8 Å². The molecule has 0 bridgehead atoms. The molecule has 0 saturated carbocycles. The molecule has 0 radical (unpaired) electrons. The van der Waals surface area contributed by atoms with Crippen LogP contribution in [0.3, 0.4) is 0 Å². The molecule has 49 heavy (non-hydrogen) atoms. The van der Waals surface area contributed by atoms with Gasteiger partial charge in [-0.25, -0.2) is 9.78 Å². The molecule has 1 aromatic carbocycles. The highest BCUT2D eigenvalue weighted by molar-refractivity contribution is 5.99. The van der Waals surface area contributed by atoms with Crippen molar-refractivity contribution in [2.75, 3.05) is 20.8 Å². The quantitative estimate of drug-likeness (QED) is 0.164. The first-order chi connectivity index (χ1) is 23.4. The third-order valence-corrected chi connectivity index (χ3v) is 7.73. The molecular formula is C35H44N2O12. The second-order valence-corrected chi connectivity index (χ2v) is 11.8. The number of esters is 5. The van der Waals surface area contributed by atoms with Gasteiger partial charge in [0.1, 0.15) is 18.6 Å². The summed E-state index contributed by atoms with van der Waals surface area (Å²) in [6.45, 7) is 4.17. The molecule has 2 unspecified atom stereocenters. The molecule has 2 aromatic rings. The van der Waals surface area contributed by atoms with E-state index in [1.165, 1.54) is 33.4 Å². The molecule has 4 atom stereocenters. The first-order valence-electron chi connectivity index (χ1n) is 16.2. The van der Waals surface area contributed by atoms with Crippen molar-refractivity contribution < 1.29 is 57.2 Å². The number of aromatic nitrogens is 1. The van der Waals surface area contributed by atoms with Crippen LogP contribution in [0.15, 0.2) is 42.6 Å². The molecular weight excluding hydrogens is 640 g/mol. The lowest BCUT2D eigenvalue weighted by Crippen LogP contribution is -2.47. The Labute approximate surface area is 285 Å². The lowest BCUT2D eigenvalue weighted by molar-refractivity contribution is -0.176. The third-order valence-electron chi connectivity index (χ3n) is 7.73. The van der Waals surface area contributed by atoms with Crippen molar-refractivity contribution in [3.8, 4) is 11.5 Å². The number of methoxy groups -OCH3 is 2. The van der Waals surface area contributed by atoms with Crippen LogP contribution in [-0.2, 0) is 49.3 Å². The van der Waals surface area contributed by atoms with Gasteiger partial charge in [-0.2, -0.15) is 0 Å². The Balaban J connectivity index is 1.76. The Morgan fingerprint density at radius 2 is 1.61 bits per heavy atom. The Bertz CT molecular complexity index is 1460. The molecule has 1 fully saturated rings. The van der Waals surface area contributed by atoms with Crippen LogP contribution in [0.1, 0.15) is 75.3 Å². The Morgan fingerprint density at radius 3 is 2.24 bits per heavy atom. The van der Waals surface area contributed by atoms with Crippen molar-refractivity contribution in [1.29, 1.82) is 0 Å². The first kappa shape index (κ1) is 38.4. The number of ether oxygens (including phenoxy) is 6. The van der Waals surface area contributed by atoms with Crippen molar-refractivity contribution in [2.24, 2.45) is 11.8 Å². The summed E-state index contributed by atoms with van der Waals surface area (Å²) < 4.78 is 32.3. The fourth-order valence-corrected chi connectivity index (χ4v) is 4.99. The van der Waals surface area contributed by atoms with Gasteiger partial charge in [0.2, 0.25) is 5.75 Å². The largest absolute Gasteiger partial charge is 0.493 e. The van der Waals surface area contributed by atoms with Gasteiger partial charge in [-0.15, -0.1) is 0 Å². The molecule has 2 heterocycles. The highest BCUT2D eigenvalue weighted by Crippen LogP contribution is 2.31. The molecule has 1 saturated heterocycles. The zero-order valence-corrected chi connectivity index (χ0v) is 28.4. The van der Waals surface area contributed by atoms with E-state index in [9.17, 15) is 28.8 Å². The molecule has 1 amide bonds. The number of carbonyl (C=O) groups is 6. The summed E-state index contributed by atoms with van der Waals surface area (Å²) in [5, 5.41) is 2.46. The minimum absolute atomic E-state index is 0.0207. The minimum Gasteiger partial charge on any atom is -0.493 e. The predicted molar refractivity (Wildman–Crippen MR) is 172 cm³/mol. The molecule has 1 aromatic heterocycles. The summed E-state index contributed by atoms with van der Waals surface area (Å²) in [4.78, 5) is 81.0. The van der Waals surface area contributed by atoms with E-state index in [0.717, 1.165) is 5.56 Å². The molecule has 1 N–H and O–H groups in total. The predicted octanol–water partition coefficient (Wildman–Crippen LogP) is 3.52. The average molecular weight is 685 g/mol. The van der Waals surface area contributed by atoms with Crippen molar-refractivity contribution in [3.63, 3.8) is 0 Å². The number of hydrogen-bond acceptors (Lipinski definition) is 13. The lowest BCUT2D eigenvalue weighted by Gasteiger charge is -2.29. The summed E-state index contributed by atoms with van der Waals surface area (Å²) in [6.07, 6.45) is 1.89. The average Bonchev–Trinajstić information content (AvgIpc) is 3.12. The van der Waals surface area contributed by atoms with Gasteiger partial charge in [-0.1, -0.05) is 57.0 Å². The minimum atomic E-state index is -1.49. The van der Waals surface area contributed by atoms with E-state index >= 15 is 0 Å². The van der Waals surface area contributed by atoms with Gasteiger partial charge < -0.3 is 33.7 Å².